The maximum Gasteiger partial charge on any atom is 0.136 e. The second kappa shape index (κ2) is 5.48. The molecule has 0 saturated carbocycles. The van der Waals surface area contributed by atoms with Crippen molar-refractivity contribution >= 4 is 39.6 Å². The third-order valence-electron chi connectivity index (χ3n) is 1.84. The first-order chi connectivity index (χ1) is 8.28. The van der Waals surface area contributed by atoms with Crippen LogP contribution in [0.3, 0.4) is 0 Å². The number of nitrogens with zero attached hydrogens (tertiary/aromatic N) is 3. The lowest BCUT2D eigenvalue weighted by Crippen LogP contribution is -2.02. The molecule has 7 heteroatoms. The van der Waals surface area contributed by atoms with Crippen LogP contribution in [0, 0.1) is 11.3 Å². The van der Waals surface area contributed by atoms with Gasteiger partial charge < -0.3 is 10.6 Å². The zero-order chi connectivity index (χ0) is 12.1. The smallest absolute Gasteiger partial charge is 0.136 e. The predicted octanol–water partition coefficient (Wildman–Crippen LogP) is 2.87. The SMILES string of the molecule is N#CCNc1cc(Nc2ccc(Cl)s2)ncn1. The molecule has 0 radical (unpaired) electrons. The van der Waals surface area contributed by atoms with Crippen molar-refractivity contribution in [3.8, 4) is 6.07 Å². The van der Waals surface area contributed by atoms with E-state index < -0.39 is 0 Å². The van der Waals surface area contributed by atoms with Gasteiger partial charge >= 0.3 is 0 Å². The van der Waals surface area contributed by atoms with E-state index in [0.29, 0.717) is 16.0 Å². The number of halogens is 1. The van der Waals surface area contributed by atoms with E-state index in [0.717, 1.165) is 5.00 Å². The van der Waals surface area contributed by atoms with Gasteiger partial charge in [-0.25, -0.2) is 9.97 Å². The molecule has 2 N–H and O–H groups in total. The summed E-state index contributed by atoms with van der Waals surface area (Å²) in [5.74, 6) is 1.26. The summed E-state index contributed by atoms with van der Waals surface area (Å²) in [6.07, 6.45) is 1.43. The minimum absolute atomic E-state index is 0.210. The maximum atomic E-state index is 8.45. The van der Waals surface area contributed by atoms with Crippen LogP contribution in [-0.4, -0.2) is 16.5 Å². The Morgan fingerprint density at radius 3 is 2.88 bits per heavy atom. The highest BCUT2D eigenvalue weighted by Gasteiger charge is 2.01. The van der Waals surface area contributed by atoms with Gasteiger partial charge in [0.1, 0.15) is 24.5 Å². The summed E-state index contributed by atoms with van der Waals surface area (Å²) >= 11 is 7.25. The summed E-state index contributed by atoms with van der Waals surface area (Å²) in [7, 11) is 0. The van der Waals surface area contributed by atoms with Crippen molar-refractivity contribution < 1.29 is 0 Å². The number of anilines is 3. The lowest BCUT2D eigenvalue weighted by molar-refractivity contribution is 1.14. The largest absolute Gasteiger partial charge is 0.357 e. The number of nitriles is 1. The van der Waals surface area contributed by atoms with Crippen molar-refractivity contribution in [2.75, 3.05) is 17.2 Å². The molecule has 0 bridgehead atoms. The van der Waals surface area contributed by atoms with Crippen LogP contribution in [0.5, 0.6) is 0 Å². The third-order valence-corrected chi connectivity index (χ3v) is 2.99. The van der Waals surface area contributed by atoms with E-state index in [-0.39, 0.29) is 6.54 Å². The van der Waals surface area contributed by atoms with E-state index in [2.05, 4.69) is 20.6 Å². The summed E-state index contributed by atoms with van der Waals surface area (Å²) < 4.78 is 0.712. The standard InChI is InChI=1S/C10H8ClN5S/c11-7-1-2-10(17-7)16-9-5-8(13-4-3-12)14-6-15-9/h1-2,5-6H,4H2,(H2,13,14,15,16). The van der Waals surface area contributed by atoms with Crippen molar-refractivity contribution in [1.82, 2.24) is 9.97 Å². The summed E-state index contributed by atoms with van der Waals surface area (Å²) in [6.45, 7) is 0.210. The van der Waals surface area contributed by atoms with Gasteiger partial charge in [-0.15, -0.1) is 11.3 Å². The number of hydrogen-bond acceptors (Lipinski definition) is 6. The molecule has 0 aliphatic rings. The van der Waals surface area contributed by atoms with Crippen LogP contribution in [0.25, 0.3) is 0 Å². The highest BCUT2D eigenvalue weighted by atomic mass is 35.5. The molecule has 5 nitrogen and oxygen atoms in total. The Kier molecular flexibility index (Phi) is 3.75. The molecule has 17 heavy (non-hydrogen) atoms. The average Bonchev–Trinajstić information content (AvgIpc) is 2.73. The number of hydrogen-bond donors (Lipinski definition) is 2. The molecule has 0 spiro atoms. The highest BCUT2D eigenvalue weighted by Crippen LogP contribution is 2.28. The first kappa shape index (κ1) is 11.6. The van der Waals surface area contributed by atoms with E-state index >= 15 is 0 Å². The molecule has 0 aromatic carbocycles. The summed E-state index contributed by atoms with van der Waals surface area (Å²) in [6, 6.07) is 7.39. The van der Waals surface area contributed by atoms with Crippen molar-refractivity contribution in [2.45, 2.75) is 0 Å². The molecule has 0 amide bonds. The Balaban J connectivity index is 2.08. The molecular formula is C10H8ClN5S. The number of aromatic nitrogens is 2. The van der Waals surface area contributed by atoms with Gasteiger partial charge in [0.25, 0.3) is 0 Å². The molecule has 2 aromatic heterocycles. The van der Waals surface area contributed by atoms with Gasteiger partial charge in [-0.05, 0) is 12.1 Å². The lowest BCUT2D eigenvalue weighted by atomic mass is 10.5. The number of thiophene rings is 1. The predicted molar refractivity (Wildman–Crippen MR) is 68.7 cm³/mol. The van der Waals surface area contributed by atoms with Gasteiger partial charge in [0, 0.05) is 6.07 Å². The molecule has 0 aliphatic carbocycles. The van der Waals surface area contributed by atoms with Gasteiger partial charge in [0.15, 0.2) is 0 Å². The van der Waals surface area contributed by atoms with E-state index in [4.69, 9.17) is 16.9 Å². The van der Waals surface area contributed by atoms with Crippen LogP contribution in [-0.2, 0) is 0 Å². The van der Waals surface area contributed by atoms with Crippen LogP contribution in [0.15, 0.2) is 24.5 Å². The lowest BCUT2D eigenvalue weighted by Gasteiger charge is -2.04. The molecule has 0 fully saturated rings. The molecule has 0 unspecified atom stereocenters. The van der Waals surface area contributed by atoms with Crippen LogP contribution >= 0.6 is 22.9 Å². The number of nitrogens with one attached hydrogen (secondary N) is 2. The number of rotatable bonds is 4. The third kappa shape index (κ3) is 3.31. The van der Waals surface area contributed by atoms with Crippen molar-refractivity contribution in [3.63, 3.8) is 0 Å². The summed E-state index contributed by atoms with van der Waals surface area (Å²) in [5.41, 5.74) is 0. The van der Waals surface area contributed by atoms with Gasteiger partial charge in [-0.3, -0.25) is 0 Å². The van der Waals surface area contributed by atoms with Gasteiger partial charge in [0.05, 0.1) is 15.4 Å². The minimum Gasteiger partial charge on any atom is -0.357 e. The van der Waals surface area contributed by atoms with E-state index in [1.54, 1.807) is 6.07 Å². The monoisotopic (exact) mass is 265 g/mol. The molecule has 2 heterocycles. The second-order valence-corrected chi connectivity index (χ2v) is 4.74. The first-order valence-corrected chi connectivity index (χ1v) is 5.92. The van der Waals surface area contributed by atoms with Crippen LogP contribution < -0.4 is 10.6 Å². The quantitative estimate of drug-likeness (QED) is 0.832. The second-order valence-electron chi connectivity index (χ2n) is 3.03. The zero-order valence-electron chi connectivity index (χ0n) is 8.64. The Bertz CT molecular complexity index is 548. The topological polar surface area (TPSA) is 73.6 Å². The van der Waals surface area contributed by atoms with Crippen LogP contribution in [0.1, 0.15) is 0 Å². The Hall–Kier alpha value is -1.84. The molecular weight excluding hydrogens is 258 g/mol. The Morgan fingerprint density at radius 1 is 1.35 bits per heavy atom. The van der Waals surface area contributed by atoms with Gasteiger partial charge in [0.2, 0.25) is 0 Å². The Labute approximate surface area is 107 Å². The molecule has 0 atom stereocenters. The Morgan fingerprint density at radius 2 is 2.18 bits per heavy atom. The first-order valence-electron chi connectivity index (χ1n) is 4.73. The maximum absolute atomic E-state index is 8.45. The van der Waals surface area contributed by atoms with Crippen molar-refractivity contribution in [2.24, 2.45) is 0 Å². The summed E-state index contributed by atoms with van der Waals surface area (Å²) in [4.78, 5) is 8.06. The zero-order valence-corrected chi connectivity index (χ0v) is 10.2. The average molecular weight is 266 g/mol. The minimum atomic E-state index is 0.210. The highest BCUT2D eigenvalue weighted by molar-refractivity contribution is 7.19. The fraction of sp³-hybridized carbons (Fsp3) is 0.100. The van der Waals surface area contributed by atoms with E-state index in [1.807, 2.05) is 18.2 Å². The van der Waals surface area contributed by atoms with Crippen molar-refractivity contribution in [3.05, 3.63) is 28.9 Å². The van der Waals surface area contributed by atoms with E-state index in [9.17, 15) is 0 Å². The van der Waals surface area contributed by atoms with Crippen LogP contribution in [0.4, 0.5) is 16.6 Å². The summed E-state index contributed by atoms with van der Waals surface area (Å²) in [5, 5.41) is 15.3. The molecule has 0 aliphatic heterocycles. The van der Waals surface area contributed by atoms with Crippen LogP contribution in [0.2, 0.25) is 4.34 Å². The fourth-order valence-corrected chi connectivity index (χ4v) is 2.11. The molecule has 86 valence electrons. The fourth-order valence-electron chi connectivity index (χ4n) is 1.16. The van der Waals surface area contributed by atoms with Crippen molar-refractivity contribution in [1.29, 1.82) is 5.26 Å². The van der Waals surface area contributed by atoms with Gasteiger partial charge in [-0.1, -0.05) is 11.6 Å². The van der Waals surface area contributed by atoms with Gasteiger partial charge in [-0.2, -0.15) is 5.26 Å². The normalized spacial score (nSPS) is 9.65. The molecule has 0 saturated heterocycles. The van der Waals surface area contributed by atoms with E-state index in [1.165, 1.54) is 17.7 Å². The molecule has 2 aromatic rings. The molecule has 2 rings (SSSR count).